The maximum absolute atomic E-state index is 8.72. The SMILES string of the molecule is CO[C@@H](C)CO[C@@H](C)CO[C@@H](C)CO. The van der Waals surface area contributed by atoms with E-state index in [2.05, 4.69) is 0 Å². The molecule has 4 heteroatoms. The van der Waals surface area contributed by atoms with Crippen molar-refractivity contribution in [1.29, 1.82) is 0 Å². The first-order chi connectivity index (χ1) is 6.60. The van der Waals surface area contributed by atoms with E-state index in [4.69, 9.17) is 19.3 Å². The minimum Gasteiger partial charge on any atom is -0.394 e. The first-order valence-electron chi connectivity index (χ1n) is 4.97. The molecule has 0 saturated heterocycles. The third-order valence-electron chi connectivity index (χ3n) is 1.89. The standard InChI is InChI=1S/C10H22O4/c1-8(5-11)13-7-10(3)14-6-9(2)12-4/h8-11H,5-7H2,1-4H3/t8-,9-,10-/m0/s1. The third kappa shape index (κ3) is 7.26. The van der Waals surface area contributed by atoms with E-state index >= 15 is 0 Å². The molecule has 4 nitrogen and oxygen atoms in total. The molecule has 0 aliphatic rings. The number of hydrogen-bond acceptors (Lipinski definition) is 4. The molecule has 0 fully saturated rings. The van der Waals surface area contributed by atoms with Crippen molar-refractivity contribution in [3.05, 3.63) is 0 Å². The summed E-state index contributed by atoms with van der Waals surface area (Å²) in [5.41, 5.74) is 0. The molecule has 3 atom stereocenters. The topological polar surface area (TPSA) is 47.9 Å². The molecule has 0 radical (unpaired) electrons. The van der Waals surface area contributed by atoms with Crippen LogP contribution in [0.5, 0.6) is 0 Å². The van der Waals surface area contributed by atoms with Crippen LogP contribution in [0.2, 0.25) is 0 Å². The van der Waals surface area contributed by atoms with Gasteiger partial charge in [-0.2, -0.15) is 0 Å². The van der Waals surface area contributed by atoms with E-state index in [0.717, 1.165) is 0 Å². The van der Waals surface area contributed by atoms with Gasteiger partial charge in [0.2, 0.25) is 0 Å². The lowest BCUT2D eigenvalue weighted by molar-refractivity contribution is -0.0677. The van der Waals surface area contributed by atoms with Gasteiger partial charge in [-0.15, -0.1) is 0 Å². The smallest absolute Gasteiger partial charge is 0.0781 e. The second-order valence-corrected chi connectivity index (χ2v) is 3.52. The van der Waals surface area contributed by atoms with Crippen LogP contribution in [0.4, 0.5) is 0 Å². The molecule has 0 amide bonds. The largest absolute Gasteiger partial charge is 0.394 e. The van der Waals surface area contributed by atoms with E-state index in [-0.39, 0.29) is 24.9 Å². The van der Waals surface area contributed by atoms with Gasteiger partial charge in [0.25, 0.3) is 0 Å². The minimum absolute atomic E-state index is 0.0293. The Morgan fingerprint density at radius 3 is 1.93 bits per heavy atom. The van der Waals surface area contributed by atoms with Gasteiger partial charge >= 0.3 is 0 Å². The Hall–Kier alpha value is -0.160. The highest BCUT2D eigenvalue weighted by atomic mass is 16.6. The van der Waals surface area contributed by atoms with Crippen molar-refractivity contribution < 1.29 is 19.3 Å². The molecule has 0 heterocycles. The number of ether oxygens (including phenoxy) is 3. The molecular formula is C10H22O4. The first kappa shape index (κ1) is 13.8. The van der Waals surface area contributed by atoms with Gasteiger partial charge in [0.1, 0.15) is 0 Å². The Kier molecular flexibility index (Phi) is 8.08. The lowest BCUT2D eigenvalue weighted by atomic mass is 10.4. The van der Waals surface area contributed by atoms with Gasteiger partial charge in [0, 0.05) is 7.11 Å². The molecule has 0 bridgehead atoms. The summed E-state index contributed by atoms with van der Waals surface area (Å²) in [7, 11) is 1.66. The minimum atomic E-state index is -0.124. The summed E-state index contributed by atoms with van der Waals surface area (Å²) in [6.45, 7) is 6.81. The zero-order valence-electron chi connectivity index (χ0n) is 9.53. The second-order valence-electron chi connectivity index (χ2n) is 3.52. The Balaban J connectivity index is 3.40. The van der Waals surface area contributed by atoms with Crippen molar-refractivity contribution in [3.8, 4) is 0 Å². The van der Waals surface area contributed by atoms with Gasteiger partial charge in [-0.3, -0.25) is 0 Å². The molecular weight excluding hydrogens is 184 g/mol. The van der Waals surface area contributed by atoms with Crippen LogP contribution in [0.1, 0.15) is 20.8 Å². The highest BCUT2D eigenvalue weighted by Gasteiger charge is 2.07. The monoisotopic (exact) mass is 206 g/mol. The maximum Gasteiger partial charge on any atom is 0.0781 e. The molecule has 0 aromatic rings. The molecule has 0 aromatic carbocycles. The van der Waals surface area contributed by atoms with E-state index in [1.165, 1.54) is 0 Å². The molecule has 0 aliphatic heterocycles. The second kappa shape index (κ2) is 8.17. The zero-order chi connectivity index (χ0) is 11.0. The lowest BCUT2D eigenvalue weighted by Gasteiger charge is -2.18. The van der Waals surface area contributed by atoms with Gasteiger partial charge in [0.15, 0.2) is 0 Å². The maximum atomic E-state index is 8.72. The summed E-state index contributed by atoms with van der Waals surface area (Å²) in [4.78, 5) is 0. The van der Waals surface area contributed by atoms with Crippen LogP contribution in [0.3, 0.4) is 0 Å². The summed E-state index contributed by atoms with van der Waals surface area (Å²) >= 11 is 0. The normalized spacial score (nSPS) is 17.8. The summed E-state index contributed by atoms with van der Waals surface area (Å²) in [5.74, 6) is 0. The molecule has 0 spiro atoms. The van der Waals surface area contributed by atoms with E-state index in [9.17, 15) is 0 Å². The van der Waals surface area contributed by atoms with Crippen molar-refractivity contribution in [2.24, 2.45) is 0 Å². The van der Waals surface area contributed by atoms with Crippen LogP contribution in [0.15, 0.2) is 0 Å². The fourth-order valence-electron chi connectivity index (χ4n) is 0.768. The van der Waals surface area contributed by atoms with Crippen LogP contribution >= 0.6 is 0 Å². The fraction of sp³-hybridized carbons (Fsp3) is 1.00. The molecule has 0 unspecified atom stereocenters. The molecule has 1 N–H and O–H groups in total. The van der Waals surface area contributed by atoms with Gasteiger partial charge in [-0.1, -0.05) is 0 Å². The number of aliphatic hydroxyl groups excluding tert-OH is 1. The fourth-order valence-corrected chi connectivity index (χ4v) is 0.768. The van der Waals surface area contributed by atoms with Gasteiger partial charge in [-0.25, -0.2) is 0 Å². The zero-order valence-corrected chi connectivity index (χ0v) is 9.53. The van der Waals surface area contributed by atoms with Gasteiger partial charge in [0.05, 0.1) is 38.1 Å². The molecule has 86 valence electrons. The Labute approximate surface area is 86.2 Å². The van der Waals surface area contributed by atoms with Crippen molar-refractivity contribution >= 4 is 0 Å². The number of aliphatic hydroxyl groups is 1. The van der Waals surface area contributed by atoms with Crippen molar-refractivity contribution in [3.63, 3.8) is 0 Å². The summed E-state index contributed by atoms with van der Waals surface area (Å²) in [6, 6.07) is 0. The number of methoxy groups -OCH3 is 1. The van der Waals surface area contributed by atoms with E-state index in [0.29, 0.717) is 13.2 Å². The van der Waals surface area contributed by atoms with Crippen molar-refractivity contribution in [2.75, 3.05) is 26.9 Å². The Bertz CT molecular complexity index is 115. The van der Waals surface area contributed by atoms with E-state index in [1.54, 1.807) is 7.11 Å². The van der Waals surface area contributed by atoms with Crippen LogP contribution in [0, 0.1) is 0 Å². The van der Waals surface area contributed by atoms with E-state index in [1.807, 2.05) is 20.8 Å². The molecule has 0 rings (SSSR count). The number of hydrogen-bond donors (Lipinski definition) is 1. The average Bonchev–Trinajstić information content (AvgIpc) is 2.22. The van der Waals surface area contributed by atoms with Crippen LogP contribution in [0.25, 0.3) is 0 Å². The quantitative estimate of drug-likeness (QED) is 0.639. The predicted octanol–water partition coefficient (Wildman–Crippen LogP) is 0.824. The van der Waals surface area contributed by atoms with Crippen molar-refractivity contribution in [1.82, 2.24) is 0 Å². The highest BCUT2D eigenvalue weighted by Crippen LogP contribution is 1.98. The Morgan fingerprint density at radius 1 is 0.929 bits per heavy atom. The summed E-state index contributed by atoms with van der Waals surface area (Å²) in [5, 5.41) is 8.72. The number of rotatable bonds is 8. The summed E-state index contributed by atoms with van der Waals surface area (Å²) in [6.07, 6.45) is 0.00946. The molecule has 14 heavy (non-hydrogen) atoms. The lowest BCUT2D eigenvalue weighted by Crippen LogP contribution is -2.25. The third-order valence-corrected chi connectivity index (χ3v) is 1.89. The van der Waals surface area contributed by atoms with Crippen LogP contribution in [-0.2, 0) is 14.2 Å². The average molecular weight is 206 g/mol. The Morgan fingerprint density at radius 2 is 1.43 bits per heavy atom. The predicted molar refractivity (Wildman–Crippen MR) is 54.4 cm³/mol. The van der Waals surface area contributed by atoms with E-state index < -0.39 is 0 Å². The first-order valence-corrected chi connectivity index (χ1v) is 4.97. The van der Waals surface area contributed by atoms with Crippen molar-refractivity contribution in [2.45, 2.75) is 39.1 Å². The van der Waals surface area contributed by atoms with Gasteiger partial charge in [-0.05, 0) is 20.8 Å². The van der Waals surface area contributed by atoms with Gasteiger partial charge < -0.3 is 19.3 Å². The molecule has 0 saturated carbocycles. The van der Waals surface area contributed by atoms with Crippen LogP contribution in [-0.4, -0.2) is 50.3 Å². The molecule has 0 aromatic heterocycles. The highest BCUT2D eigenvalue weighted by molar-refractivity contribution is 4.53. The van der Waals surface area contributed by atoms with Crippen LogP contribution < -0.4 is 0 Å². The molecule has 0 aliphatic carbocycles. The summed E-state index contributed by atoms with van der Waals surface area (Å²) < 4.78 is 15.8.